The molecule has 1 rings (SSSR count). The molecule has 0 N–H and O–H groups in total. The first-order chi connectivity index (χ1) is 7.01. The van der Waals surface area contributed by atoms with Gasteiger partial charge in [-0.2, -0.15) is 0 Å². The minimum absolute atomic E-state index is 0.351. The predicted molar refractivity (Wildman–Crippen MR) is 68.5 cm³/mol. The first-order valence-corrected chi connectivity index (χ1v) is 6.17. The van der Waals surface area contributed by atoms with Crippen molar-refractivity contribution in [3.05, 3.63) is 11.6 Å². The molecular formula is C14H25N. The minimum Gasteiger partial charge on any atom is -0.297 e. The third-order valence-electron chi connectivity index (χ3n) is 3.49. The van der Waals surface area contributed by atoms with E-state index >= 15 is 0 Å². The van der Waals surface area contributed by atoms with Gasteiger partial charge in [0.1, 0.15) is 0 Å². The molecule has 0 bridgehead atoms. The van der Waals surface area contributed by atoms with Gasteiger partial charge in [-0.25, -0.2) is 0 Å². The molecule has 0 aromatic rings. The molecule has 1 atom stereocenters. The quantitative estimate of drug-likeness (QED) is 0.485. The Morgan fingerprint density at radius 1 is 1.53 bits per heavy atom. The van der Waals surface area contributed by atoms with E-state index in [2.05, 4.69) is 38.8 Å². The molecule has 0 aromatic carbocycles. The van der Waals surface area contributed by atoms with Crippen LogP contribution in [-0.4, -0.2) is 12.8 Å². The van der Waals surface area contributed by atoms with E-state index in [0.717, 1.165) is 6.42 Å². The van der Waals surface area contributed by atoms with Gasteiger partial charge in [-0.15, -0.1) is 0 Å². The van der Waals surface area contributed by atoms with E-state index in [0.29, 0.717) is 11.3 Å². The van der Waals surface area contributed by atoms with Gasteiger partial charge in [-0.1, -0.05) is 39.3 Å². The number of aliphatic imine (C=N–C) groups is 1. The highest BCUT2D eigenvalue weighted by Crippen LogP contribution is 2.43. The predicted octanol–water partition coefficient (Wildman–Crippen LogP) is 4.24. The monoisotopic (exact) mass is 207 g/mol. The zero-order valence-electron chi connectivity index (χ0n) is 10.9. The maximum atomic E-state index is 4.46. The summed E-state index contributed by atoms with van der Waals surface area (Å²) < 4.78 is 0. The molecule has 1 aliphatic carbocycles. The summed E-state index contributed by atoms with van der Waals surface area (Å²) in [5.41, 5.74) is 3.39. The molecule has 0 heterocycles. The fourth-order valence-electron chi connectivity index (χ4n) is 2.83. The van der Waals surface area contributed by atoms with Crippen molar-refractivity contribution >= 4 is 5.71 Å². The van der Waals surface area contributed by atoms with Gasteiger partial charge >= 0.3 is 0 Å². The lowest BCUT2D eigenvalue weighted by atomic mass is 9.81. The standard InChI is InChI=1S/C14H25N/c1-6-13(15-5)14(4)8-7-12(10-14)9-11(2)3/h9,11H,6-8,10H2,1-5H3/b12-9+,15-13?. The zero-order chi connectivity index (χ0) is 11.5. The molecule has 0 amide bonds. The van der Waals surface area contributed by atoms with Gasteiger partial charge in [0.25, 0.3) is 0 Å². The number of hydrogen-bond donors (Lipinski definition) is 0. The summed E-state index contributed by atoms with van der Waals surface area (Å²) in [7, 11) is 1.94. The molecule has 15 heavy (non-hydrogen) atoms. The van der Waals surface area contributed by atoms with Crippen molar-refractivity contribution in [2.75, 3.05) is 7.05 Å². The fourth-order valence-corrected chi connectivity index (χ4v) is 2.83. The molecule has 1 heteroatoms. The van der Waals surface area contributed by atoms with Gasteiger partial charge in [-0.3, -0.25) is 4.99 Å². The molecule has 86 valence electrons. The summed E-state index contributed by atoms with van der Waals surface area (Å²) in [6.45, 7) is 9.12. The van der Waals surface area contributed by atoms with Crippen LogP contribution in [0.2, 0.25) is 0 Å². The molecule has 0 aliphatic heterocycles. The van der Waals surface area contributed by atoms with Crippen LogP contribution in [-0.2, 0) is 0 Å². The van der Waals surface area contributed by atoms with E-state index in [4.69, 9.17) is 0 Å². The van der Waals surface area contributed by atoms with Crippen molar-refractivity contribution in [3.8, 4) is 0 Å². The van der Waals surface area contributed by atoms with Crippen LogP contribution in [0.15, 0.2) is 16.6 Å². The third-order valence-corrected chi connectivity index (χ3v) is 3.49. The SMILES string of the molecule is CCC(=NC)C1(C)CC/C(=C\C(C)C)C1. The largest absolute Gasteiger partial charge is 0.297 e. The van der Waals surface area contributed by atoms with Gasteiger partial charge in [0.15, 0.2) is 0 Å². The third kappa shape index (κ3) is 2.93. The Balaban J connectivity index is 2.77. The molecule has 0 aromatic heterocycles. The normalized spacial score (nSPS) is 30.5. The minimum atomic E-state index is 0.351. The topological polar surface area (TPSA) is 12.4 Å². The van der Waals surface area contributed by atoms with E-state index in [9.17, 15) is 0 Å². The van der Waals surface area contributed by atoms with E-state index in [1.807, 2.05) is 7.05 Å². The van der Waals surface area contributed by atoms with Crippen molar-refractivity contribution in [2.24, 2.45) is 16.3 Å². The van der Waals surface area contributed by atoms with Crippen LogP contribution >= 0.6 is 0 Å². The first-order valence-electron chi connectivity index (χ1n) is 6.17. The Bertz CT molecular complexity index is 273. The molecule has 0 saturated heterocycles. The van der Waals surface area contributed by atoms with Gasteiger partial charge < -0.3 is 0 Å². The van der Waals surface area contributed by atoms with Crippen LogP contribution in [0.1, 0.15) is 53.4 Å². The van der Waals surface area contributed by atoms with Gasteiger partial charge in [-0.05, 0) is 31.6 Å². The van der Waals surface area contributed by atoms with Crippen LogP contribution in [0.5, 0.6) is 0 Å². The first kappa shape index (κ1) is 12.5. The summed E-state index contributed by atoms with van der Waals surface area (Å²) in [5, 5.41) is 0. The summed E-state index contributed by atoms with van der Waals surface area (Å²) in [6, 6.07) is 0. The summed E-state index contributed by atoms with van der Waals surface area (Å²) in [4.78, 5) is 4.46. The summed E-state index contributed by atoms with van der Waals surface area (Å²) in [6.07, 6.45) is 7.32. The van der Waals surface area contributed by atoms with Crippen LogP contribution in [0.3, 0.4) is 0 Å². The van der Waals surface area contributed by atoms with Crippen LogP contribution < -0.4 is 0 Å². The molecule has 1 aliphatic rings. The van der Waals surface area contributed by atoms with Crippen molar-refractivity contribution in [3.63, 3.8) is 0 Å². The van der Waals surface area contributed by atoms with E-state index in [-0.39, 0.29) is 0 Å². The van der Waals surface area contributed by atoms with Crippen molar-refractivity contribution in [2.45, 2.75) is 53.4 Å². The Morgan fingerprint density at radius 2 is 2.20 bits per heavy atom. The van der Waals surface area contributed by atoms with E-state index in [1.165, 1.54) is 25.0 Å². The van der Waals surface area contributed by atoms with E-state index in [1.54, 1.807) is 5.57 Å². The number of hydrogen-bond acceptors (Lipinski definition) is 1. The van der Waals surface area contributed by atoms with Crippen molar-refractivity contribution in [1.82, 2.24) is 0 Å². The Hall–Kier alpha value is -0.590. The maximum absolute atomic E-state index is 4.46. The Labute approximate surface area is 94.7 Å². The van der Waals surface area contributed by atoms with Crippen LogP contribution in [0, 0.1) is 11.3 Å². The summed E-state index contributed by atoms with van der Waals surface area (Å²) >= 11 is 0. The highest BCUT2D eigenvalue weighted by Gasteiger charge is 2.35. The Morgan fingerprint density at radius 3 is 2.67 bits per heavy atom. The van der Waals surface area contributed by atoms with E-state index < -0.39 is 0 Å². The lowest BCUT2D eigenvalue weighted by Gasteiger charge is -2.24. The highest BCUT2D eigenvalue weighted by atomic mass is 14.7. The number of allylic oxidation sites excluding steroid dienone is 2. The molecule has 1 fully saturated rings. The van der Waals surface area contributed by atoms with Crippen molar-refractivity contribution < 1.29 is 0 Å². The zero-order valence-corrected chi connectivity index (χ0v) is 10.9. The van der Waals surface area contributed by atoms with Crippen LogP contribution in [0.25, 0.3) is 0 Å². The molecule has 0 spiro atoms. The molecular weight excluding hydrogens is 182 g/mol. The van der Waals surface area contributed by atoms with Crippen molar-refractivity contribution in [1.29, 1.82) is 0 Å². The highest BCUT2D eigenvalue weighted by molar-refractivity contribution is 5.90. The molecule has 0 radical (unpaired) electrons. The maximum Gasteiger partial charge on any atom is 0.0276 e. The average molecular weight is 207 g/mol. The Kier molecular flexibility index (Phi) is 4.12. The number of nitrogens with zero attached hydrogens (tertiary/aromatic N) is 1. The second kappa shape index (κ2) is 4.96. The lowest BCUT2D eigenvalue weighted by Crippen LogP contribution is -2.23. The lowest BCUT2D eigenvalue weighted by molar-refractivity contribution is 0.486. The number of rotatable bonds is 3. The van der Waals surface area contributed by atoms with Gasteiger partial charge in [0, 0.05) is 18.2 Å². The van der Waals surface area contributed by atoms with Crippen LogP contribution in [0.4, 0.5) is 0 Å². The second-order valence-electron chi connectivity index (χ2n) is 5.33. The van der Waals surface area contributed by atoms with Gasteiger partial charge in [0.2, 0.25) is 0 Å². The molecule has 1 unspecified atom stereocenters. The fraction of sp³-hybridized carbons (Fsp3) is 0.786. The molecule has 1 nitrogen and oxygen atoms in total. The van der Waals surface area contributed by atoms with Gasteiger partial charge in [0.05, 0.1) is 0 Å². The summed E-state index contributed by atoms with van der Waals surface area (Å²) in [5.74, 6) is 0.686. The smallest absolute Gasteiger partial charge is 0.0276 e. The molecule has 1 saturated carbocycles. The second-order valence-corrected chi connectivity index (χ2v) is 5.33. The average Bonchev–Trinajstić information content (AvgIpc) is 2.49.